The monoisotopic (exact) mass is 142 g/mol. The first-order chi connectivity index (χ1) is 4.91. The third-order valence-corrected chi connectivity index (χ3v) is 2.44. The van der Waals surface area contributed by atoms with Crippen molar-refractivity contribution < 1.29 is 4.74 Å². The summed E-state index contributed by atoms with van der Waals surface area (Å²) >= 11 is 0. The van der Waals surface area contributed by atoms with E-state index in [1.807, 2.05) is 0 Å². The standard InChI is InChI=1S/C7H14N2O/c1-3-8-5-7(1)2-4-9-6-10-7/h8-9H,1-6H2. The van der Waals surface area contributed by atoms with Gasteiger partial charge in [-0.3, -0.25) is 5.32 Å². The highest BCUT2D eigenvalue weighted by molar-refractivity contribution is 4.91. The molecule has 2 aliphatic rings. The van der Waals surface area contributed by atoms with Crippen molar-refractivity contribution in [3.05, 3.63) is 0 Å². The van der Waals surface area contributed by atoms with Gasteiger partial charge in [-0.15, -0.1) is 0 Å². The molecule has 3 nitrogen and oxygen atoms in total. The average Bonchev–Trinajstić information content (AvgIpc) is 2.39. The fraction of sp³-hybridized carbons (Fsp3) is 1.00. The van der Waals surface area contributed by atoms with Crippen LogP contribution in [0.5, 0.6) is 0 Å². The maximum Gasteiger partial charge on any atom is 0.0973 e. The maximum atomic E-state index is 5.65. The normalized spacial score (nSPS) is 40.8. The molecule has 1 atom stereocenters. The van der Waals surface area contributed by atoms with Crippen LogP contribution < -0.4 is 10.6 Å². The minimum atomic E-state index is 0.200. The number of hydrogen-bond acceptors (Lipinski definition) is 3. The zero-order valence-electron chi connectivity index (χ0n) is 6.15. The second-order valence-corrected chi connectivity index (χ2v) is 3.15. The molecule has 0 amide bonds. The number of rotatable bonds is 0. The third-order valence-electron chi connectivity index (χ3n) is 2.44. The Morgan fingerprint density at radius 1 is 1.10 bits per heavy atom. The van der Waals surface area contributed by atoms with E-state index in [0.717, 1.165) is 26.4 Å². The van der Waals surface area contributed by atoms with E-state index in [1.54, 1.807) is 0 Å². The second kappa shape index (κ2) is 2.49. The van der Waals surface area contributed by atoms with Crippen LogP contribution in [0.3, 0.4) is 0 Å². The Bertz CT molecular complexity index is 113. The summed E-state index contributed by atoms with van der Waals surface area (Å²) in [5, 5.41) is 6.52. The first-order valence-corrected chi connectivity index (χ1v) is 3.97. The van der Waals surface area contributed by atoms with Crippen LogP contribution in [0.15, 0.2) is 0 Å². The van der Waals surface area contributed by atoms with E-state index >= 15 is 0 Å². The molecular weight excluding hydrogens is 128 g/mol. The molecular formula is C7H14N2O. The van der Waals surface area contributed by atoms with Gasteiger partial charge in [-0.1, -0.05) is 0 Å². The lowest BCUT2D eigenvalue weighted by atomic mass is 9.98. The van der Waals surface area contributed by atoms with Gasteiger partial charge in [-0.05, 0) is 19.4 Å². The summed E-state index contributed by atoms with van der Waals surface area (Å²) in [5.41, 5.74) is 0.200. The van der Waals surface area contributed by atoms with Crippen LogP contribution in [0.1, 0.15) is 12.8 Å². The highest BCUT2D eigenvalue weighted by Gasteiger charge is 2.35. The first-order valence-electron chi connectivity index (χ1n) is 3.97. The molecule has 58 valence electrons. The van der Waals surface area contributed by atoms with Gasteiger partial charge >= 0.3 is 0 Å². The van der Waals surface area contributed by atoms with Crippen LogP contribution in [0.25, 0.3) is 0 Å². The molecule has 0 aromatic rings. The molecule has 2 N–H and O–H groups in total. The van der Waals surface area contributed by atoms with Gasteiger partial charge in [0.15, 0.2) is 0 Å². The summed E-state index contributed by atoms with van der Waals surface area (Å²) in [6.45, 7) is 4.03. The molecule has 2 saturated heterocycles. The van der Waals surface area contributed by atoms with E-state index in [-0.39, 0.29) is 5.60 Å². The Kier molecular flexibility index (Phi) is 1.64. The largest absolute Gasteiger partial charge is 0.358 e. The lowest BCUT2D eigenvalue weighted by molar-refractivity contribution is -0.0695. The van der Waals surface area contributed by atoms with Crippen LogP contribution in [-0.4, -0.2) is 32.0 Å². The molecule has 2 aliphatic heterocycles. The lowest BCUT2D eigenvalue weighted by Crippen LogP contribution is -2.45. The summed E-state index contributed by atoms with van der Waals surface area (Å²) in [6.07, 6.45) is 2.36. The Labute approximate surface area is 61.1 Å². The molecule has 0 aromatic carbocycles. The van der Waals surface area contributed by atoms with Gasteiger partial charge < -0.3 is 10.1 Å². The van der Waals surface area contributed by atoms with E-state index in [2.05, 4.69) is 10.6 Å². The van der Waals surface area contributed by atoms with Gasteiger partial charge in [0.05, 0.1) is 12.3 Å². The molecule has 0 radical (unpaired) electrons. The van der Waals surface area contributed by atoms with E-state index in [4.69, 9.17) is 4.74 Å². The maximum absolute atomic E-state index is 5.65. The van der Waals surface area contributed by atoms with Crippen molar-refractivity contribution in [2.75, 3.05) is 26.4 Å². The molecule has 1 spiro atoms. The van der Waals surface area contributed by atoms with E-state index in [9.17, 15) is 0 Å². The van der Waals surface area contributed by atoms with Gasteiger partial charge in [-0.25, -0.2) is 0 Å². The quantitative estimate of drug-likeness (QED) is 0.486. The second-order valence-electron chi connectivity index (χ2n) is 3.15. The van der Waals surface area contributed by atoms with Crippen molar-refractivity contribution in [3.63, 3.8) is 0 Å². The zero-order chi connectivity index (χ0) is 6.86. The van der Waals surface area contributed by atoms with E-state index < -0.39 is 0 Å². The Balaban J connectivity index is 1.98. The smallest absolute Gasteiger partial charge is 0.0973 e. The third kappa shape index (κ3) is 1.05. The van der Waals surface area contributed by atoms with Crippen LogP contribution >= 0.6 is 0 Å². The highest BCUT2D eigenvalue weighted by atomic mass is 16.5. The van der Waals surface area contributed by atoms with Crippen molar-refractivity contribution in [2.24, 2.45) is 0 Å². The van der Waals surface area contributed by atoms with Crippen molar-refractivity contribution >= 4 is 0 Å². The van der Waals surface area contributed by atoms with Crippen LogP contribution in [0.2, 0.25) is 0 Å². The fourth-order valence-electron chi connectivity index (χ4n) is 1.72. The van der Waals surface area contributed by atoms with Gasteiger partial charge in [0.25, 0.3) is 0 Å². The topological polar surface area (TPSA) is 33.3 Å². The minimum Gasteiger partial charge on any atom is -0.358 e. The molecule has 0 aromatic heterocycles. The molecule has 0 saturated carbocycles. The SMILES string of the molecule is C1CC2(CCNC2)OCN1. The lowest BCUT2D eigenvalue weighted by Gasteiger charge is -2.33. The Hall–Kier alpha value is -0.120. The summed E-state index contributed by atoms with van der Waals surface area (Å²) < 4.78 is 5.65. The van der Waals surface area contributed by atoms with Gasteiger partial charge in [0.1, 0.15) is 0 Å². The summed E-state index contributed by atoms with van der Waals surface area (Å²) in [5.74, 6) is 0. The van der Waals surface area contributed by atoms with Crippen LogP contribution in [-0.2, 0) is 4.74 Å². The van der Waals surface area contributed by atoms with Gasteiger partial charge in [0, 0.05) is 13.1 Å². The molecule has 3 heteroatoms. The fourth-order valence-corrected chi connectivity index (χ4v) is 1.72. The molecule has 2 rings (SSSR count). The van der Waals surface area contributed by atoms with Crippen molar-refractivity contribution in [1.82, 2.24) is 10.6 Å². The number of nitrogens with one attached hydrogen (secondary N) is 2. The predicted octanol–water partition coefficient (Wildman–Crippen LogP) is -0.314. The minimum absolute atomic E-state index is 0.200. The Morgan fingerprint density at radius 2 is 1.90 bits per heavy atom. The average molecular weight is 142 g/mol. The van der Waals surface area contributed by atoms with E-state index in [1.165, 1.54) is 12.8 Å². The highest BCUT2D eigenvalue weighted by Crippen LogP contribution is 2.24. The molecule has 0 aliphatic carbocycles. The number of hydrogen-bond donors (Lipinski definition) is 2. The predicted molar refractivity (Wildman–Crippen MR) is 38.8 cm³/mol. The van der Waals surface area contributed by atoms with Gasteiger partial charge in [0.2, 0.25) is 0 Å². The first kappa shape index (κ1) is 6.58. The summed E-state index contributed by atoms with van der Waals surface area (Å²) in [6, 6.07) is 0. The van der Waals surface area contributed by atoms with Crippen LogP contribution in [0, 0.1) is 0 Å². The van der Waals surface area contributed by atoms with Gasteiger partial charge in [-0.2, -0.15) is 0 Å². The van der Waals surface area contributed by atoms with Crippen molar-refractivity contribution in [3.8, 4) is 0 Å². The molecule has 1 unspecified atom stereocenters. The molecule has 2 heterocycles. The van der Waals surface area contributed by atoms with E-state index in [0.29, 0.717) is 0 Å². The zero-order valence-corrected chi connectivity index (χ0v) is 6.15. The molecule has 2 fully saturated rings. The summed E-state index contributed by atoms with van der Waals surface area (Å²) in [4.78, 5) is 0. The summed E-state index contributed by atoms with van der Waals surface area (Å²) in [7, 11) is 0. The van der Waals surface area contributed by atoms with Crippen LogP contribution in [0.4, 0.5) is 0 Å². The van der Waals surface area contributed by atoms with Crippen molar-refractivity contribution in [2.45, 2.75) is 18.4 Å². The van der Waals surface area contributed by atoms with Crippen molar-refractivity contribution in [1.29, 1.82) is 0 Å². The number of ether oxygens (including phenoxy) is 1. The molecule has 0 bridgehead atoms. The molecule has 10 heavy (non-hydrogen) atoms. The Morgan fingerprint density at radius 3 is 2.50 bits per heavy atom.